The molecule has 0 unspecified atom stereocenters. The molecule has 6 heteroatoms. The zero-order valence-corrected chi connectivity index (χ0v) is 13.7. The number of fused-ring (bicyclic) bond motifs is 2. The molecule has 128 valence electrons. The summed E-state index contributed by atoms with van der Waals surface area (Å²) in [7, 11) is 0. The van der Waals surface area contributed by atoms with E-state index in [9.17, 15) is 14.4 Å². The molecule has 2 bridgehead atoms. The Labute approximate surface area is 137 Å². The average Bonchev–Trinajstić information content (AvgIpc) is 3.08. The van der Waals surface area contributed by atoms with E-state index in [1.54, 1.807) is 4.90 Å². The number of amides is 3. The van der Waals surface area contributed by atoms with Crippen LogP contribution in [0, 0.1) is 17.8 Å². The van der Waals surface area contributed by atoms with Gasteiger partial charge < -0.3 is 4.90 Å². The van der Waals surface area contributed by atoms with Crippen LogP contribution < -0.4 is 10.9 Å². The van der Waals surface area contributed by atoms with Crippen molar-refractivity contribution in [2.45, 2.75) is 57.8 Å². The number of likely N-dealkylation sites (tertiary alicyclic amines) is 1. The molecule has 3 atom stereocenters. The van der Waals surface area contributed by atoms with Crippen LogP contribution in [0.5, 0.6) is 0 Å². The van der Waals surface area contributed by atoms with Crippen LogP contribution in [0.1, 0.15) is 57.8 Å². The molecule has 0 aromatic rings. The molecule has 3 rings (SSSR count). The molecule has 3 amide bonds. The summed E-state index contributed by atoms with van der Waals surface area (Å²) in [5.41, 5.74) is 4.97. The summed E-state index contributed by atoms with van der Waals surface area (Å²) in [6.45, 7) is 0.665. The third-order valence-electron chi connectivity index (χ3n) is 5.68. The molecule has 0 aromatic carbocycles. The third-order valence-corrected chi connectivity index (χ3v) is 5.68. The van der Waals surface area contributed by atoms with Gasteiger partial charge in [-0.1, -0.05) is 12.8 Å². The Morgan fingerprint density at radius 1 is 1.04 bits per heavy atom. The number of carbonyl (C=O) groups excluding carboxylic acids is 3. The summed E-state index contributed by atoms with van der Waals surface area (Å²) in [4.78, 5) is 37.3. The summed E-state index contributed by atoms with van der Waals surface area (Å²) in [5, 5.41) is 0. The van der Waals surface area contributed by atoms with Gasteiger partial charge in [0.05, 0.1) is 0 Å². The van der Waals surface area contributed by atoms with E-state index >= 15 is 0 Å². The number of carbonyl (C=O) groups is 3. The molecule has 1 aliphatic heterocycles. The largest absolute Gasteiger partial charge is 0.333 e. The number of nitrogens with one attached hydrogen (secondary N) is 2. The highest BCUT2D eigenvalue weighted by Gasteiger charge is 2.40. The predicted molar refractivity (Wildman–Crippen MR) is 84.9 cm³/mol. The first-order chi connectivity index (χ1) is 11.1. The van der Waals surface area contributed by atoms with Crippen molar-refractivity contribution in [3.05, 3.63) is 0 Å². The normalized spacial score (nSPS) is 30.2. The Morgan fingerprint density at radius 3 is 2.61 bits per heavy atom. The monoisotopic (exact) mass is 321 g/mol. The third kappa shape index (κ3) is 4.24. The minimum Gasteiger partial charge on any atom is -0.333 e. The van der Waals surface area contributed by atoms with Gasteiger partial charge >= 0.3 is 0 Å². The van der Waals surface area contributed by atoms with E-state index in [1.807, 2.05) is 0 Å². The van der Waals surface area contributed by atoms with Crippen molar-refractivity contribution in [1.82, 2.24) is 15.8 Å². The SMILES string of the molecule is O=C(C[C@H]1C[C@@H]2CC[C@H]1C2)NNC(=O)CN1CCCCCC1=O. The van der Waals surface area contributed by atoms with E-state index in [1.165, 1.54) is 19.3 Å². The molecule has 23 heavy (non-hydrogen) atoms. The van der Waals surface area contributed by atoms with Gasteiger partial charge in [-0.3, -0.25) is 25.2 Å². The highest BCUT2D eigenvalue weighted by atomic mass is 16.2. The lowest BCUT2D eigenvalue weighted by Gasteiger charge is -2.22. The summed E-state index contributed by atoms with van der Waals surface area (Å²) in [6.07, 6.45) is 8.91. The molecule has 1 heterocycles. The smallest absolute Gasteiger partial charge is 0.257 e. The van der Waals surface area contributed by atoms with Crippen LogP contribution in [0.15, 0.2) is 0 Å². The van der Waals surface area contributed by atoms with Crippen LogP contribution in [-0.4, -0.2) is 35.7 Å². The van der Waals surface area contributed by atoms with Crippen molar-refractivity contribution in [2.24, 2.45) is 17.8 Å². The van der Waals surface area contributed by atoms with E-state index < -0.39 is 0 Å². The van der Waals surface area contributed by atoms with Crippen molar-refractivity contribution in [3.8, 4) is 0 Å². The fraction of sp³-hybridized carbons (Fsp3) is 0.824. The second-order valence-corrected chi connectivity index (χ2v) is 7.36. The van der Waals surface area contributed by atoms with Crippen LogP contribution in [-0.2, 0) is 14.4 Å². The maximum absolute atomic E-state index is 12.0. The summed E-state index contributed by atoms with van der Waals surface area (Å²) in [6, 6.07) is 0. The Bertz CT molecular complexity index is 480. The van der Waals surface area contributed by atoms with Crippen molar-refractivity contribution >= 4 is 17.7 Å². The van der Waals surface area contributed by atoms with E-state index in [2.05, 4.69) is 10.9 Å². The number of hydrogen-bond acceptors (Lipinski definition) is 3. The lowest BCUT2D eigenvalue weighted by Crippen LogP contribution is -2.48. The van der Waals surface area contributed by atoms with Crippen LogP contribution >= 0.6 is 0 Å². The van der Waals surface area contributed by atoms with Gasteiger partial charge in [0, 0.05) is 19.4 Å². The Morgan fingerprint density at radius 2 is 1.87 bits per heavy atom. The minimum absolute atomic E-state index is 0.0333. The molecule has 3 fully saturated rings. The fourth-order valence-corrected chi connectivity index (χ4v) is 4.47. The first-order valence-electron chi connectivity index (χ1n) is 8.97. The molecule has 3 aliphatic rings. The average molecular weight is 321 g/mol. The van der Waals surface area contributed by atoms with Gasteiger partial charge in [-0.25, -0.2) is 0 Å². The molecule has 2 saturated carbocycles. The summed E-state index contributed by atoms with van der Waals surface area (Å²) < 4.78 is 0. The van der Waals surface area contributed by atoms with E-state index in [0.717, 1.165) is 31.6 Å². The maximum Gasteiger partial charge on any atom is 0.257 e. The van der Waals surface area contributed by atoms with Crippen molar-refractivity contribution in [1.29, 1.82) is 0 Å². The van der Waals surface area contributed by atoms with Crippen LogP contribution in [0.25, 0.3) is 0 Å². The number of rotatable bonds is 4. The molecule has 2 N–H and O–H groups in total. The molecule has 0 aromatic heterocycles. The first-order valence-corrected chi connectivity index (χ1v) is 8.97. The molecule has 0 spiro atoms. The van der Waals surface area contributed by atoms with Crippen LogP contribution in [0.4, 0.5) is 0 Å². The van der Waals surface area contributed by atoms with Gasteiger partial charge in [-0.2, -0.15) is 0 Å². The van der Waals surface area contributed by atoms with Gasteiger partial charge in [0.1, 0.15) is 6.54 Å². The highest BCUT2D eigenvalue weighted by molar-refractivity contribution is 5.86. The predicted octanol–water partition coefficient (Wildman–Crippen LogP) is 1.36. The second-order valence-electron chi connectivity index (χ2n) is 7.36. The highest BCUT2D eigenvalue weighted by Crippen LogP contribution is 2.49. The molecular weight excluding hydrogens is 294 g/mol. The van der Waals surface area contributed by atoms with Crippen molar-refractivity contribution in [2.75, 3.05) is 13.1 Å². The topological polar surface area (TPSA) is 78.5 Å². The minimum atomic E-state index is -0.318. The van der Waals surface area contributed by atoms with E-state index in [4.69, 9.17) is 0 Å². The number of nitrogens with zero attached hydrogens (tertiary/aromatic N) is 1. The molecule has 1 saturated heterocycles. The fourth-order valence-electron chi connectivity index (χ4n) is 4.47. The van der Waals surface area contributed by atoms with Gasteiger partial charge in [-0.05, 0) is 49.9 Å². The van der Waals surface area contributed by atoms with Crippen molar-refractivity contribution < 1.29 is 14.4 Å². The van der Waals surface area contributed by atoms with Gasteiger partial charge in [0.15, 0.2) is 0 Å². The Hall–Kier alpha value is -1.59. The van der Waals surface area contributed by atoms with Gasteiger partial charge in [-0.15, -0.1) is 0 Å². The molecule has 6 nitrogen and oxygen atoms in total. The lowest BCUT2D eigenvalue weighted by molar-refractivity contribution is -0.136. The maximum atomic E-state index is 12.0. The van der Waals surface area contributed by atoms with Gasteiger partial charge in [0.2, 0.25) is 11.8 Å². The second kappa shape index (κ2) is 7.32. The standard InChI is InChI=1S/C17H27N3O3/c21-15(10-14-9-12-5-6-13(14)8-12)18-19-16(22)11-20-7-3-1-2-4-17(20)23/h12-14H,1-11H2,(H,18,21)(H,19,22)/t12-,13+,14-/m1/s1. The lowest BCUT2D eigenvalue weighted by atomic mass is 9.86. The first kappa shape index (κ1) is 16.3. The summed E-state index contributed by atoms with van der Waals surface area (Å²) >= 11 is 0. The zero-order chi connectivity index (χ0) is 16.2. The Balaban J connectivity index is 1.36. The molecule has 0 radical (unpaired) electrons. The van der Waals surface area contributed by atoms with Crippen LogP contribution in [0.3, 0.4) is 0 Å². The number of hydrogen-bond donors (Lipinski definition) is 2. The van der Waals surface area contributed by atoms with E-state index in [-0.39, 0.29) is 24.3 Å². The van der Waals surface area contributed by atoms with Gasteiger partial charge in [0.25, 0.3) is 5.91 Å². The van der Waals surface area contributed by atoms with E-state index in [0.29, 0.717) is 31.2 Å². The molecule has 2 aliphatic carbocycles. The Kier molecular flexibility index (Phi) is 5.18. The zero-order valence-electron chi connectivity index (χ0n) is 13.7. The molecular formula is C17H27N3O3. The number of hydrazine groups is 1. The van der Waals surface area contributed by atoms with Crippen LogP contribution in [0.2, 0.25) is 0 Å². The quantitative estimate of drug-likeness (QED) is 0.768. The summed E-state index contributed by atoms with van der Waals surface area (Å²) in [5.74, 6) is 1.61. The van der Waals surface area contributed by atoms with Crippen molar-refractivity contribution in [3.63, 3.8) is 0 Å².